The van der Waals surface area contributed by atoms with Crippen LogP contribution in [0.25, 0.3) is 0 Å². The van der Waals surface area contributed by atoms with Gasteiger partial charge in [-0.25, -0.2) is 0 Å². The van der Waals surface area contributed by atoms with E-state index >= 15 is 0 Å². The highest BCUT2D eigenvalue weighted by Gasteiger charge is 2.06. The van der Waals surface area contributed by atoms with Crippen molar-refractivity contribution in [3.63, 3.8) is 0 Å². The van der Waals surface area contributed by atoms with E-state index in [2.05, 4.69) is 21.2 Å². The first-order valence-electron chi connectivity index (χ1n) is 5.56. The SMILES string of the molecule is Cc1cc(Br)cn(CCC(=O)NC(C)C)c1=O. The van der Waals surface area contributed by atoms with Crippen molar-refractivity contribution in [2.24, 2.45) is 0 Å². The molecule has 1 rings (SSSR count). The lowest BCUT2D eigenvalue weighted by atomic mass is 10.3. The minimum Gasteiger partial charge on any atom is -0.354 e. The van der Waals surface area contributed by atoms with Crippen LogP contribution in [0.5, 0.6) is 0 Å². The molecule has 0 atom stereocenters. The fourth-order valence-electron chi connectivity index (χ4n) is 1.52. The molecule has 1 N–H and O–H groups in total. The Hall–Kier alpha value is -1.10. The Morgan fingerprint density at radius 1 is 1.53 bits per heavy atom. The quantitative estimate of drug-likeness (QED) is 0.922. The molecule has 0 aliphatic rings. The number of rotatable bonds is 4. The molecule has 0 saturated heterocycles. The third-order valence-corrected chi connectivity index (χ3v) is 2.69. The summed E-state index contributed by atoms with van der Waals surface area (Å²) in [6.07, 6.45) is 2.02. The second-order valence-electron chi connectivity index (χ2n) is 4.31. The van der Waals surface area contributed by atoms with E-state index in [1.165, 1.54) is 0 Å². The van der Waals surface area contributed by atoms with Crippen LogP contribution < -0.4 is 10.9 Å². The molecule has 0 bridgehead atoms. The molecule has 94 valence electrons. The van der Waals surface area contributed by atoms with E-state index in [9.17, 15) is 9.59 Å². The summed E-state index contributed by atoms with van der Waals surface area (Å²) in [4.78, 5) is 23.2. The van der Waals surface area contributed by atoms with Gasteiger partial charge in [0.2, 0.25) is 5.91 Å². The number of hydrogen-bond donors (Lipinski definition) is 1. The van der Waals surface area contributed by atoms with Crippen molar-refractivity contribution >= 4 is 21.8 Å². The molecular formula is C12H17BrN2O2. The van der Waals surface area contributed by atoms with Crippen molar-refractivity contribution in [3.05, 3.63) is 32.7 Å². The number of nitrogens with zero attached hydrogens (tertiary/aromatic N) is 1. The Bertz CT molecular complexity index is 466. The second-order valence-corrected chi connectivity index (χ2v) is 5.23. The minimum absolute atomic E-state index is 0.0375. The van der Waals surface area contributed by atoms with E-state index in [4.69, 9.17) is 0 Å². The van der Waals surface area contributed by atoms with Crippen molar-refractivity contribution in [2.75, 3.05) is 0 Å². The van der Waals surface area contributed by atoms with Crippen molar-refractivity contribution in [2.45, 2.75) is 39.8 Å². The summed E-state index contributed by atoms with van der Waals surface area (Å²) in [5.74, 6) is -0.0375. The topological polar surface area (TPSA) is 51.1 Å². The van der Waals surface area contributed by atoms with Gasteiger partial charge in [-0.05, 0) is 42.8 Å². The molecule has 0 radical (unpaired) electrons. The average Bonchev–Trinajstić information content (AvgIpc) is 2.20. The monoisotopic (exact) mass is 300 g/mol. The maximum absolute atomic E-state index is 11.8. The van der Waals surface area contributed by atoms with Gasteiger partial charge >= 0.3 is 0 Å². The van der Waals surface area contributed by atoms with Crippen LogP contribution in [-0.2, 0) is 11.3 Å². The van der Waals surface area contributed by atoms with E-state index < -0.39 is 0 Å². The molecule has 0 aliphatic carbocycles. The van der Waals surface area contributed by atoms with Crippen molar-refractivity contribution < 1.29 is 4.79 Å². The van der Waals surface area contributed by atoms with Crippen molar-refractivity contribution in [3.8, 4) is 0 Å². The number of amides is 1. The Labute approximate surface area is 109 Å². The Morgan fingerprint density at radius 2 is 2.18 bits per heavy atom. The van der Waals surface area contributed by atoms with Crippen LogP contribution in [0.15, 0.2) is 21.5 Å². The van der Waals surface area contributed by atoms with Gasteiger partial charge in [-0.1, -0.05) is 0 Å². The zero-order valence-corrected chi connectivity index (χ0v) is 11.9. The molecule has 0 aromatic carbocycles. The number of aromatic nitrogens is 1. The third-order valence-electron chi connectivity index (χ3n) is 2.26. The van der Waals surface area contributed by atoms with Gasteiger partial charge in [-0.3, -0.25) is 9.59 Å². The van der Waals surface area contributed by atoms with Crippen LogP contribution in [0, 0.1) is 6.92 Å². The van der Waals surface area contributed by atoms with Crippen LogP contribution in [0.1, 0.15) is 25.8 Å². The maximum atomic E-state index is 11.8. The smallest absolute Gasteiger partial charge is 0.253 e. The summed E-state index contributed by atoms with van der Waals surface area (Å²) in [6.45, 7) is 5.98. The summed E-state index contributed by atoms with van der Waals surface area (Å²) >= 11 is 3.33. The fraction of sp³-hybridized carbons (Fsp3) is 0.500. The molecule has 1 aromatic rings. The molecule has 0 fully saturated rings. The Balaban J connectivity index is 2.70. The van der Waals surface area contributed by atoms with E-state index in [1.807, 2.05) is 13.8 Å². The summed E-state index contributed by atoms with van der Waals surface area (Å²) in [6, 6.07) is 1.90. The van der Waals surface area contributed by atoms with Crippen LogP contribution >= 0.6 is 15.9 Å². The van der Waals surface area contributed by atoms with Gasteiger partial charge in [0.15, 0.2) is 0 Å². The van der Waals surface area contributed by atoms with Crippen molar-refractivity contribution in [1.82, 2.24) is 9.88 Å². The predicted molar refractivity (Wildman–Crippen MR) is 71.0 cm³/mol. The van der Waals surface area contributed by atoms with Crippen molar-refractivity contribution in [1.29, 1.82) is 0 Å². The maximum Gasteiger partial charge on any atom is 0.253 e. The number of nitrogens with one attached hydrogen (secondary N) is 1. The molecule has 5 heteroatoms. The van der Waals surface area contributed by atoms with Gasteiger partial charge in [-0.15, -0.1) is 0 Å². The molecule has 0 aliphatic heterocycles. The first-order valence-corrected chi connectivity index (χ1v) is 6.35. The molecule has 1 amide bonds. The zero-order valence-electron chi connectivity index (χ0n) is 10.3. The molecular weight excluding hydrogens is 284 g/mol. The van der Waals surface area contributed by atoms with Crippen LogP contribution in [0.2, 0.25) is 0 Å². The molecule has 0 unspecified atom stereocenters. The lowest BCUT2D eigenvalue weighted by Gasteiger charge is -2.10. The molecule has 1 aromatic heterocycles. The Kier molecular flexibility index (Phi) is 4.93. The standard InChI is InChI=1S/C12H17BrN2O2/c1-8(2)14-11(16)4-5-15-7-10(13)6-9(3)12(15)17/h6-8H,4-5H2,1-3H3,(H,14,16). The third kappa shape index (κ3) is 4.34. The number of pyridine rings is 1. The van der Waals surface area contributed by atoms with Gasteiger partial charge in [0.1, 0.15) is 0 Å². The van der Waals surface area contributed by atoms with E-state index in [-0.39, 0.29) is 17.5 Å². The largest absolute Gasteiger partial charge is 0.354 e. The molecule has 4 nitrogen and oxygen atoms in total. The highest BCUT2D eigenvalue weighted by molar-refractivity contribution is 9.10. The zero-order chi connectivity index (χ0) is 13.0. The first-order chi connectivity index (χ1) is 7.90. The normalized spacial score (nSPS) is 10.6. The summed E-state index contributed by atoms with van der Waals surface area (Å²) in [7, 11) is 0. The summed E-state index contributed by atoms with van der Waals surface area (Å²) < 4.78 is 2.40. The number of aryl methyl sites for hydroxylation is 2. The number of carbonyl (C=O) groups is 1. The van der Waals surface area contributed by atoms with Crippen LogP contribution in [-0.4, -0.2) is 16.5 Å². The fourth-order valence-corrected chi connectivity index (χ4v) is 2.11. The van der Waals surface area contributed by atoms with Gasteiger partial charge < -0.3 is 9.88 Å². The minimum atomic E-state index is -0.0504. The number of carbonyl (C=O) groups excluding carboxylic acids is 1. The summed E-state index contributed by atoms with van der Waals surface area (Å²) in [5, 5.41) is 2.80. The highest BCUT2D eigenvalue weighted by Crippen LogP contribution is 2.08. The highest BCUT2D eigenvalue weighted by atomic mass is 79.9. The van der Waals surface area contributed by atoms with Gasteiger partial charge in [-0.2, -0.15) is 0 Å². The summed E-state index contributed by atoms with van der Waals surface area (Å²) in [5.41, 5.74) is 0.620. The molecule has 0 spiro atoms. The average molecular weight is 301 g/mol. The van der Waals surface area contributed by atoms with Crippen LogP contribution in [0.4, 0.5) is 0 Å². The number of hydrogen-bond acceptors (Lipinski definition) is 2. The van der Waals surface area contributed by atoms with Gasteiger partial charge in [0, 0.05) is 35.2 Å². The Morgan fingerprint density at radius 3 is 2.76 bits per heavy atom. The van der Waals surface area contributed by atoms with E-state index in [1.54, 1.807) is 23.8 Å². The van der Waals surface area contributed by atoms with Gasteiger partial charge in [0.05, 0.1) is 0 Å². The molecule has 0 saturated carbocycles. The van der Waals surface area contributed by atoms with E-state index in [0.717, 1.165) is 4.47 Å². The predicted octanol–water partition coefficient (Wildman–Crippen LogP) is 1.83. The van der Waals surface area contributed by atoms with Crippen LogP contribution in [0.3, 0.4) is 0 Å². The van der Waals surface area contributed by atoms with E-state index in [0.29, 0.717) is 18.5 Å². The second kappa shape index (κ2) is 6.00. The van der Waals surface area contributed by atoms with Gasteiger partial charge in [0.25, 0.3) is 5.56 Å². The lowest BCUT2D eigenvalue weighted by molar-refractivity contribution is -0.121. The first kappa shape index (κ1) is 14.0. The molecule has 1 heterocycles. The number of halogens is 1. The lowest BCUT2D eigenvalue weighted by Crippen LogP contribution is -2.32. The molecule has 17 heavy (non-hydrogen) atoms.